The van der Waals surface area contributed by atoms with Gasteiger partial charge in [0.25, 0.3) is 0 Å². The van der Waals surface area contributed by atoms with Gasteiger partial charge in [0.2, 0.25) is 0 Å². The Balaban J connectivity index is 2.51. The topological polar surface area (TPSA) is 57.6 Å². The molecule has 0 saturated heterocycles. The Morgan fingerprint density at radius 2 is 1.75 bits per heavy atom. The Kier molecular flexibility index (Phi) is 3.67. The maximum absolute atomic E-state index is 11.7. The highest BCUT2D eigenvalue weighted by atomic mass is 79.9. The van der Waals surface area contributed by atoms with Gasteiger partial charge in [0.15, 0.2) is 0 Å². The van der Waals surface area contributed by atoms with Gasteiger partial charge in [-0.25, -0.2) is 4.79 Å². The Bertz CT molecular complexity index is 537. The van der Waals surface area contributed by atoms with E-state index >= 15 is 0 Å². The number of carbonyl (C=O) groups is 2. The number of carbonyl (C=O) groups excluding carboxylic acids is 1. The minimum Gasteiger partial charge on any atom is -0.465 e. The zero-order valence-corrected chi connectivity index (χ0v) is 13.4. The summed E-state index contributed by atoms with van der Waals surface area (Å²) in [6.45, 7) is 5.56. The molecule has 0 atom stereocenters. The summed E-state index contributed by atoms with van der Waals surface area (Å²) in [5.74, 6) is 0.100. The molecule has 0 bridgehead atoms. The van der Waals surface area contributed by atoms with Gasteiger partial charge in [-0.2, -0.15) is 0 Å². The van der Waals surface area contributed by atoms with E-state index in [1.54, 1.807) is 0 Å². The number of halogens is 1. The molecule has 1 aromatic carbocycles. The average Bonchev–Trinajstić information content (AvgIpc) is 2.24. The van der Waals surface area contributed by atoms with Crippen molar-refractivity contribution >= 4 is 27.8 Å². The van der Waals surface area contributed by atoms with Gasteiger partial charge in [-0.15, -0.1) is 0 Å². The summed E-state index contributed by atoms with van der Waals surface area (Å²) in [7, 11) is 0. The Hall–Kier alpha value is -1.36. The molecule has 1 aliphatic rings. The van der Waals surface area contributed by atoms with E-state index in [9.17, 15) is 14.7 Å². The molecule has 0 heterocycles. The molecule has 0 unspecified atom stereocenters. The molecule has 108 valence electrons. The lowest BCUT2D eigenvalue weighted by molar-refractivity contribution is -0.138. The van der Waals surface area contributed by atoms with Crippen LogP contribution < -0.4 is 0 Å². The molecule has 20 heavy (non-hydrogen) atoms. The van der Waals surface area contributed by atoms with Gasteiger partial charge in [-0.05, 0) is 38.5 Å². The Morgan fingerprint density at radius 3 is 2.10 bits per heavy atom. The smallest absolute Gasteiger partial charge is 0.408 e. The van der Waals surface area contributed by atoms with Gasteiger partial charge in [0, 0.05) is 22.9 Å². The highest BCUT2D eigenvalue weighted by Gasteiger charge is 2.54. The van der Waals surface area contributed by atoms with Crippen molar-refractivity contribution in [1.29, 1.82) is 0 Å². The van der Waals surface area contributed by atoms with Crippen LogP contribution in [0.4, 0.5) is 4.79 Å². The van der Waals surface area contributed by atoms with Crippen molar-refractivity contribution in [2.24, 2.45) is 0 Å². The molecule has 1 fully saturated rings. The van der Waals surface area contributed by atoms with E-state index < -0.39 is 17.2 Å². The Labute approximate surface area is 126 Å². The van der Waals surface area contributed by atoms with Crippen molar-refractivity contribution in [3.8, 4) is 0 Å². The summed E-state index contributed by atoms with van der Waals surface area (Å²) in [6.07, 6.45) is -0.496. The van der Waals surface area contributed by atoms with Crippen LogP contribution in [0.1, 0.15) is 39.2 Å². The highest BCUT2D eigenvalue weighted by Crippen LogP contribution is 2.47. The summed E-state index contributed by atoms with van der Waals surface area (Å²) in [6, 6.07) is 7.53. The van der Waals surface area contributed by atoms with Crippen molar-refractivity contribution < 1.29 is 14.7 Å². The first kappa shape index (κ1) is 15.0. The lowest BCUT2D eigenvalue weighted by Crippen LogP contribution is -2.63. The summed E-state index contributed by atoms with van der Waals surface area (Å²) in [5, 5.41) is 9.62. The molecular weight excluding hydrogens is 322 g/mol. The summed E-state index contributed by atoms with van der Waals surface area (Å²) in [5.41, 5.74) is -0.431. The second kappa shape index (κ2) is 4.88. The fourth-order valence-electron chi connectivity index (χ4n) is 2.96. The second-order valence-corrected chi connectivity index (χ2v) is 7.14. The minimum atomic E-state index is -0.993. The van der Waals surface area contributed by atoms with Crippen LogP contribution in [-0.2, 0) is 10.3 Å². The molecule has 2 rings (SSSR count). The van der Waals surface area contributed by atoms with Crippen molar-refractivity contribution in [1.82, 2.24) is 4.90 Å². The van der Waals surface area contributed by atoms with Crippen molar-refractivity contribution in [2.45, 2.75) is 44.7 Å². The number of ketones is 1. The maximum atomic E-state index is 11.7. The van der Waals surface area contributed by atoms with Crippen molar-refractivity contribution in [3.05, 3.63) is 34.3 Å². The van der Waals surface area contributed by atoms with Gasteiger partial charge >= 0.3 is 6.09 Å². The quantitative estimate of drug-likeness (QED) is 0.891. The van der Waals surface area contributed by atoms with Crippen LogP contribution in [0.3, 0.4) is 0 Å². The average molecular weight is 340 g/mol. The number of carboxylic acid groups (broad SMARTS) is 1. The molecule has 1 N–H and O–H groups in total. The number of Topliss-reactive ketones (excluding diaryl/α,β-unsaturated/α-hetero) is 1. The number of rotatable bonds is 2. The van der Waals surface area contributed by atoms with Crippen LogP contribution in [0.15, 0.2) is 28.7 Å². The predicted octanol–water partition coefficient (Wildman–Crippen LogP) is 3.79. The third-order valence-electron chi connectivity index (χ3n) is 3.65. The predicted molar refractivity (Wildman–Crippen MR) is 79.7 cm³/mol. The van der Waals surface area contributed by atoms with Crippen LogP contribution in [0.25, 0.3) is 0 Å². The van der Waals surface area contributed by atoms with Gasteiger partial charge < -0.3 is 5.11 Å². The van der Waals surface area contributed by atoms with Crippen LogP contribution in [0.2, 0.25) is 0 Å². The molecule has 1 aromatic rings. The lowest BCUT2D eigenvalue weighted by atomic mass is 9.68. The molecule has 0 radical (unpaired) electrons. The molecule has 1 saturated carbocycles. The first-order valence-electron chi connectivity index (χ1n) is 6.48. The van der Waals surface area contributed by atoms with Crippen LogP contribution in [0, 0.1) is 0 Å². The van der Waals surface area contributed by atoms with Crippen molar-refractivity contribution in [2.75, 3.05) is 0 Å². The third-order valence-corrected chi connectivity index (χ3v) is 4.18. The molecule has 4 nitrogen and oxygen atoms in total. The lowest BCUT2D eigenvalue weighted by Gasteiger charge is -2.53. The maximum Gasteiger partial charge on any atom is 0.408 e. The fraction of sp³-hybridized carbons (Fsp3) is 0.467. The third kappa shape index (κ3) is 2.46. The standard InChI is InChI=1S/C15H18BrNO3/c1-14(2,3)17(13(19)20)15(8-12(18)9-15)10-4-6-11(16)7-5-10/h4-7H,8-9H2,1-3H3,(H,19,20). The summed E-state index contributed by atoms with van der Waals surface area (Å²) < 4.78 is 0.930. The van der Waals surface area contributed by atoms with E-state index in [4.69, 9.17) is 0 Å². The van der Waals surface area contributed by atoms with E-state index in [2.05, 4.69) is 15.9 Å². The van der Waals surface area contributed by atoms with Gasteiger partial charge in [-0.3, -0.25) is 9.69 Å². The first-order chi connectivity index (χ1) is 9.17. The van der Waals surface area contributed by atoms with Crippen LogP contribution >= 0.6 is 15.9 Å². The van der Waals surface area contributed by atoms with Crippen molar-refractivity contribution in [3.63, 3.8) is 0 Å². The zero-order chi connectivity index (χ0) is 15.1. The number of hydrogen-bond acceptors (Lipinski definition) is 2. The highest BCUT2D eigenvalue weighted by molar-refractivity contribution is 9.10. The SMILES string of the molecule is CC(C)(C)N(C(=O)O)C1(c2ccc(Br)cc2)CC(=O)C1. The van der Waals surface area contributed by atoms with Gasteiger partial charge in [0.1, 0.15) is 5.78 Å². The molecule has 5 heteroatoms. The monoisotopic (exact) mass is 339 g/mol. The molecule has 0 aromatic heterocycles. The molecule has 0 aliphatic heterocycles. The largest absolute Gasteiger partial charge is 0.465 e. The second-order valence-electron chi connectivity index (χ2n) is 6.22. The van der Waals surface area contributed by atoms with E-state index in [0.717, 1.165) is 10.0 Å². The first-order valence-corrected chi connectivity index (χ1v) is 7.27. The van der Waals surface area contributed by atoms with Gasteiger partial charge in [0.05, 0.1) is 5.54 Å². The van der Waals surface area contributed by atoms with Crippen LogP contribution in [0.5, 0.6) is 0 Å². The summed E-state index contributed by atoms with van der Waals surface area (Å²) in [4.78, 5) is 24.7. The number of nitrogens with zero attached hydrogens (tertiary/aromatic N) is 1. The summed E-state index contributed by atoms with van der Waals surface area (Å²) >= 11 is 3.37. The number of hydrogen-bond donors (Lipinski definition) is 1. The minimum absolute atomic E-state index is 0.100. The number of amides is 1. The fourth-order valence-corrected chi connectivity index (χ4v) is 3.23. The molecular formula is C15H18BrNO3. The van der Waals surface area contributed by atoms with E-state index in [-0.39, 0.29) is 18.6 Å². The molecule has 0 spiro atoms. The molecule has 1 aliphatic carbocycles. The van der Waals surface area contributed by atoms with Gasteiger partial charge in [-0.1, -0.05) is 28.1 Å². The van der Waals surface area contributed by atoms with Crippen LogP contribution in [-0.4, -0.2) is 27.4 Å². The van der Waals surface area contributed by atoms with E-state index in [1.807, 2.05) is 45.0 Å². The number of benzene rings is 1. The Morgan fingerprint density at radius 1 is 1.25 bits per heavy atom. The normalized spacial score (nSPS) is 17.5. The van der Waals surface area contributed by atoms with E-state index in [1.165, 1.54) is 4.90 Å². The zero-order valence-electron chi connectivity index (χ0n) is 11.8. The van der Waals surface area contributed by atoms with E-state index in [0.29, 0.717) is 0 Å². The molecule has 1 amide bonds.